The van der Waals surface area contributed by atoms with Crippen molar-refractivity contribution in [1.29, 1.82) is 0 Å². The summed E-state index contributed by atoms with van der Waals surface area (Å²) >= 11 is 0. The lowest BCUT2D eigenvalue weighted by Gasteiger charge is -2.41. The van der Waals surface area contributed by atoms with Gasteiger partial charge in [0.1, 0.15) is 0 Å². The van der Waals surface area contributed by atoms with Crippen LogP contribution in [0.25, 0.3) is 0 Å². The lowest BCUT2D eigenvalue weighted by Crippen LogP contribution is -2.46. The van der Waals surface area contributed by atoms with Gasteiger partial charge in [0.15, 0.2) is 0 Å². The summed E-state index contributed by atoms with van der Waals surface area (Å²) in [5.41, 5.74) is 0. The average Bonchev–Trinajstić information content (AvgIpc) is 2.71. The molecule has 2 aliphatic heterocycles. The first-order valence-corrected chi connectivity index (χ1v) is 7.64. The molecule has 3 atom stereocenters. The van der Waals surface area contributed by atoms with E-state index in [1.54, 1.807) is 0 Å². The fourth-order valence-corrected chi connectivity index (χ4v) is 3.97. The zero-order valence-electron chi connectivity index (χ0n) is 11.3. The van der Waals surface area contributed by atoms with E-state index in [-0.39, 0.29) is 0 Å². The Balaban J connectivity index is 1.94. The highest BCUT2D eigenvalue weighted by atomic mass is 15.2. The summed E-state index contributed by atoms with van der Waals surface area (Å²) in [6.45, 7) is 4.67. The van der Waals surface area contributed by atoms with Crippen LogP contribution in [-0.2, 0) is 0 Å². The van der Waals surface area contributed by atoms with E-state index in [2.05, 4.69) is 18.7 Å². The van der Waals surface area contributed by atoms with Crippen molar-refractivity contribution in [2.45, 2.75) is 96.2 Å². The molecule has 0 aromatic rings. The third-order valence-corrected chi connectivity index (χ3v) is 4.69. The summed E-state index contributed by atoms with van der Waals surface area (Å²) in [6, 6.07) is 2.85. The molecule has 2 fully saturated rings. The van der Waals surface area contributed by atoms with Gasteiger partial charge in [0.05, 0.1) is 0 Å². The largest absolute Gasteiger partial charge is 0.294 e. The molecule has 0 bridgehead atoms. The minimum Gasteiger partial charge on any atom is -0.294 e. The molecule has 1 heteroatoms. The van der Waals surface area contributed by atoms with E-state index in [9.17, 15) is 0 Å². The molecule has 1 nitrogen and oxygen atoms in total. The van der Waals surface area contributed by atoms with E-state index in [0.717, 1.165) is 18.1 Å². The highest BCUT2D eigenvalue weighted by Gasteiger charge is 2.39. The van der Waals surface area contributed by atoms with Gasteiger partial charge in [-0.1, -0.05) is 39.5 Å². The van der Waals surface area contributed by atoms with Gasteiger partial charge < -0.3 is 0 Å². The maximum Gasteiger partial charge on any atom is 0.0102 e. The van der Waals surface area contributed by atoms with Gasteiger partial charge >= 0.3 is 0 Å². The van der Waals surface area contributed by atoms with Crippen LogP contribution in [0.5, 0.6) is 0 Å². The molecule has 94 valence electrons. The molecule has 0 aliphatic carbocycles. The predicted molar refractivity (Wildman–Crippen MR) is 70.7 cm³/mol. The molecule has 2 saturated heterocycles. The Hall–Kier alpha value is -0.0400. The predicted octanol–water partition coefficient (Wildman–Crippen LogP) is 4.36. The van der Waals surface area contributed by atoms with Gasteiger partial charge in [-0.15, -0.1) is 0 Å². The maximum absolute atomic E-state index is 2.95. The second kappa shape index (κ2) is 6.05. The summed E-state index contributed by atoms with van der Waals surface area (Å²) in [6.07, 6.45) is 14.5. The maximum atomic E-state index is 2.95. The van der Waals surface area contributed by atoms with Crippen molar-refractivity contribution in [2.75, 3.05) is 0 Å². The van der Waals surface area contributed by atoms with Gasteiger partial charge in [0, 0.05) is 18.1 Å². The smallest absolute Gasteiger partial charge is 0.0102 e. The quantitative estimate of drug-likeness (QED) is 0.669. The minimum atomic E-state index is 0.938. The Morgan fingerprint density at radius 2 is 1.69 bits per heavy atom. The van der Waals surface area contributed by atoms with Crippen LogP contribution >= 0.6 is 0 Å². The van der Waals surface area contributed by atoms with Crippen molar-refractivity contribution in [3.63, 3.8) is 0 Å². The number of rotatable bonds is 5. The topological polar surface area (TPSA) is 3.24 Å². The van der Waals surface area contributed by atoms with Crippen LogP contribution < -0.4 is 0 Å². The standard InChI is InChI=1S/C15H29N/c1-3-5-8-14-11-12-15-10-6-9-13(7-4-2)16(14)15/h13-15H,3-12H2,1-2H3/t13-,14+,15+/m1/s1. The van der Waals surface area contributed by atoms with E-state index in [0.29, 0.717) is 0 Å². The molecule has 16 heavy (non-hydrogen) atoms. The summed E-state index contributed by atoms with van der Waals surface area (Å²) in [5.74, 6) is 0. The Morgan fingerprint density at radius 3 is 2.44 bits per heavy atom. The van der Waals surface area contributed by atoms with E-state index in [4.69, 9.17) is 0 Å². The van der Waals surface area contributed by atoms with Crippen molar-refractivity contribution in [2.24, 2.45) is 0 Å². The van der Waals surface area contributed by atoms with Crippen molar-refractivity contribution < 1.29 is 0 Å². The third-order valence-electron chi connectivity index (χ3n) is 4.69. The van der Waals surface area contributed by atoms with Crippen LogP contribution in [0.1, 0.15) is 78.1 Å². The fraction of sp³-hybridized carbons (Fsp3) is 1.00. The lowest BCUT2D eigenvalue weighted by atomic mass is 9.93. The summed E-state index contributed by atoms with van der Waals surface area (Å²) in [4.78, 5) is 2.95. The number of fused-ring (bicyclic) bond motifs is 1. The normalized spacial score (nSPS) is 35.2. The zero-order chi connectivity index (χ0) is 11.4. The van der Waals surface area contributed by atoms with Crippen LogP contribution in [0.3, 0.4) is 0 Å². The molecule has 2 aliphatic rings. The first kappa shape index (κ1) is 12.4. The Kier molecular flexibility index (Phi) is 4.69. The Bertz CT molecular complexity index is 200. The first-order valence-electron chi connectivity index (χ1n) is 7.64. The van der Waals surface area contributed by atoms with E-state index in [1.807, 2.05) is 0 Å². The summed E-state index contributed by atoms with van der Waals surface area (Å²) in [5, 5.41) is 0. The average molecular weight is 223 g/mol. The Morgan fingerprint density at radius 1 is 0.875 bits per heavy atom. The number of nitrogens with zero attached hydrogens (tertiary/aromatic N) is 1. The zero-order valence-corrected chi connectivity index (χ0v) is 11.3. The number of hydrogen-bond donors (Lipinski definition) is 0. The minimum absolute atomic E-state index is 0.938. The number of unbranched alkanes of at least 4 members (excludes halogenated alkanes) is 1. The molecule has 0 saturated carbocycles. The lowest BCUT2D eigenvalue weighted by molar-refractivity contribution is 0.0715. The van der Waals surface area contributed by atoms with Crippen LogP contribution in [-0.4, -0.2) is 23.0 Å². The molecule has 0 N–H and O–H groups in total. The van der Waals surface area contributed by atoms with Gasteiger partial charge in [-0.2, -0.15) is 0 Å². The van der Waals surface area contributed by atoms with Crippen molar-refractivity contribution in [3.05, 3.63) is 0 Å². The fourth-order valence-electron chi connectivity index (χ4n) is 3.97. The van der Waals surface area contributed by atoms with E-state index >= 15 is 0 Å². The van der Waals surface area contributed by atoms with Crippen molar-refractivity contribution in [1.82, 2.24) is 4.90 Å². The summed E-state index contributed by atoms with van der Waals surface area (Å²) in [7, 11) is 0. The monoisotopic (exact) mass is 223 g/mol. The third kappa shape index (κ3) is 2.61. The molecular formula is C15H29N. The van der Waals surface area contributed by atoms with E-state index in [1.165, 1.54) is 64.2 Å². The highest BCUT2D eigenvalue weighted by Crippen LogP contribution is 2.38. The molecular weight excluding hydrogens is 194 g/mol. The van der Waals surface area contributed by atoms with Crippen molar-refractivity contribution >= 4 is 0 Å². The molecule has 0 radical (unpaired) electrons. The SMILES string of the molecule is CCCC[C@H]1CC[C@@H]2CCC[C@@H](CCC)N12. The second-order valence-corrected chi connectivity index (χ2v) is 5.85. The molecule has 0 aromatic carbocycles. The van der Waals surface area contributed by atoms with E-state index < -0.39 is 0 Å². The summed E-state index contributed by atoms with van der Waals surface area (Å²) < 4.78 is 0. The van der Waals surface area contributed by atoms with Gasteiger partial charge in [-0.3, -0.25) is 4.90 Å². The van der Waals surface area contributed by atoms with Gasteiger partial charge in [-0.25, -0.2) is 0 Å². The molecule has 2 rings (SSSR count). The molecule has 0 amide bonds. The van der Waals surface area contributed by atoms with Gasteiger partial charge in [0.25, 0.3) is 0 Å². The number of piperidine rings is 1. The second-order valence-electron chi connectivity index (χ2n) is 5.85. The van der Waals surface area contributed by atoms with Crippen LogP contribution in [0, 0.1) is 0 Å². The van der Waals surface area contributed by atoms with Gasteiger partial charge in [0.2, 0.25) is 0 Å². The van der Waals surface area contributed by atoms with Crippen LogP contribution in [0.2, 0.25) is 0 Å². The van der Waals surface area contributed by atoms with Gasteiger partial charge in [-0.05, 0) is 38.5 Å². The van der Waals surface area contributed by atoms with Crippen LogP contribution in [0.15, 0.2) is 0 Å². The number of hydrogen-bond acceptors (Lipinski definition) is 1. The molecule has 2 heterocycles. The van der Waals surface area contributed by atoms with Crippen LogP contribution in [0.4, 0.5) is 0 Å². The molecule has 0 unspecified atom stereocenters. The molecule has 0 spiro atoms. The first-order chi connectivity index (χ1) is 7.86. The van der Waals surface area contributed by atoms with Crippen molar-refractivity contribution in [3.8, 4) is 0 Å². The highest BCUT2D eigenvalue weighted by molar-refractivity contribution is 4.94. The molecule has 0 aromatic heterocycles. The Labute approximate surface area is 102 Å².